The van der Waals surface area contributed by atoms with Gasteiger partial charge < -0.3 is 20.6 Å². The number of likely N-dealkylation sites (tertiary alicyclic amines) is 1. The molecule has 3 atom stereocenters. The second-order valence-corrected chi connectivity index (χ2v) is 13.3. The second kappa shape index (κ2) is 11.3. The number of nitrogens with one attached hydrogen (secondary N) is 2. The maximum Gasteiger partial charge on any atom is 0.258 e. The number of aliphatic hydroxyl groups excluding tert-OH is 1. The fourth-order valence-electron chi connectivity index (χ4n) is 4.72. The third kappa shape index (κ3) is 6.21. The van der Waals surface area contributed by atoms with Gasteiger partial charge in [-0.3, -0.25) is 14.4 Å². The molecule has 0 spiro atoms. The van der Waals surface area contributed by atoms with Gasteiger partial charge in [-0.1, -0.05) is 31.2 Å². The molecule has 206 valence electrons. The number of benzene rings is 1. The Morgan fingerprint density at radius 3 is 2.55 bits per heavy atom. The average molecular weight is 563 g/mol. The molecule has 8 nitrogen and oxygen atoms in total. The van der Waals surface area contributed by atoms with Crippen LogP contribution in [0, 0.1) is 6.92 Å². The van der Waals surface area contributed by atoms with Crippen LogP contribution in [0.2, 0.25) is 0 Å². The number of β-amino-alcohol motifs (C(OH)–C–C–N with tert-alkyl or cyclic N) is 1. The molecule has 1 saturated carbocycles. The van der Waals surface area contributed by atoms with Crippen LogP contribution in [0.1, 0.15) is 51.3 Å². The van der Waals surface area contributed by atoms with E-state index in [0.717, 1.165) is 21.7 Å². The highest BCUT2D eigenvalue weighted by Crippen LogP contribution is 2.41. The van der Waals surface area contributed by atoms with Crippen molar-refractivity contribution in [2.45, 2.75) is 82.1 Å². The number of aryl methyl sites for hydroxylation is 1. The summed E-state index contributed by atoms with van der Waals surface area (Å²) in [6, 6.07) is 5.89. The average Bonchev–Trinajstić information content (AvgIpc) is 3.29. The zero-order valence-corrected chi connectivity index (χ0v) is 23.8. The number of alkyl halides is 1. The number of aliphatic hydroxyl groups is 1. The number of aromatic nitrogens is 1. The number of hydrogen-bond donors (Lipinski definition) is 3. The molecule has 3 amide bonds. The highest BCUT2D eigenvalue weighted by molar-refractivity contribution is 8.00. The van der Waals surface area contributed by atoms with Crippen molar-refractivity contribution in [1.82, 2.24) is 20.5 Å². The Balaban J connectivity index is 1.45. The van der Waals surface area contributed by atoms with Crippen LogP contribution in [0.25, 0.3) is 10.4 Å². The van der Waals surface area contributed by atoms with Gasteiger partial charge in [-0.2, -0.15) is 11.8 Å². The minimum Gasteiger partial charge on any atom is -0.391 e. The summed E-state index contributed by atoms with van der Waals surface area (Å²) in [4.78, 5) is 46.2. The van der Waals surface area contributed by atoms with Gasteiger partial charge in [0.2, 0.25) is 11.8 Å². The zero-order chi connectivity index (χ0) is 27.7. The van der Waals surface area contributed by atoms with Crippen molar-refractivity contribution >= 4 is 40.8 Å². The van der Waals surface area contributed by atoms with Crippen LogP contribution in [0.3, 0.4) is 0 Å². The van der Waals surface area contributed by atoms with E-state index in [1.54, 1.807) is 11.3 Å². The number of thioether (sulfide) groups is 1. The highest BCUT2D eigenvalue weighted by atomic mass is 32.2. The molecule has 2 fully saturated rings. The van der Waals surface area contributed by atoms with Crippen LogP contribution >= 0.6 is 23.1 Å². The van der Waals surface area contributed by atoms with E-state index in [0.29, 0.717) is 5.75 Å². The van der Waals surface area contributed by atoms with Crippen LogP contribution in [-0.4, -0.2) is 73.6 Å². The quantitative estimate of drug-likeness (QED) is 0.410. The molecule has 38 heavy (non-hydrogen) atoms. The van der Waals surface area contributed by atoms with Crippen LogP contribution in [0.4, 0.5) is 4.39 Å². The number of nitrogens with zero attached hydrogens (tertiary/aromatic N) is 2. The summed E-state index contributed by atoms with van der Waals surface area (Å²) >= 11 is 3.04. The van der Waals surface area contributed by atoms with Crippen molar-refractivity contribution in [3.8, 4) is 10.4 Å². The first-order valence-electron chi connectivity index (χ1n) is 12.8. The number of carbonyl (C=O) groups excluding carboxylic acids is 3. The third-order valence-corrected chi connectivity index (χ3v) is 9.37. The van der Waals surface area contributed by atoms with Gasteiger partial charge in [-0.15, -0.1) is 11.3 Å². The molecule has 2 heterocycles. The van der Waals surface area contributed by atoms with E-state index in [-0.39, 0.29) is 38.3 Å². The molecule has 1 saturated heterocycles. The van der Waals surface area contributed by atoms with E-state index < -0.39 is 40.4 Å². The van der Waals surface area contributed by atoms with Crippen molar-refractivity contribution in [3.63, 3.8) is 0 Å². The minimum atomic E-state index is -1.93. The van der Waals surface area contributed by atoms with E-state index in [1.807, 2.05) is 57.5 Å². The van der Waals surface area contributed by atoms with Gasteiger partial charge >= 0.3 is 0 Å². The Labute approximate surface area is 230 Å². The predicted molar refractivity (Wildman–Crippen MR) is 147 cm³/mol. The van der Waals surface area contributed by atoms with E-state index in [2.05, 4.69) is 15.6 Å². The Kier molecular flexibility index (Phi) is 8.49. The fraction of sp³-hybridized carbons (Fsp3) is 0.556. The minimum absolute atomic E-state index is 0.0279. The van der Waals surface area contributed by atoms with Gasteiger partial charge in [-0.05, 0) is 50.5 Å². The number of halogens is 1. The molecule has 1 aromatic heterocycles. The van der Waals surface area contributed by atoms with Crippen LogP contribution in [-0.2, 0) is 20.9 Å². The smallest absolute Gasteiger partial charge is 0.258 e. The van der Waals surface area contributed by atoms with Crippen LogP contribution < -0.4 is 10.6 Å². The summed E-state index contributed by atoms with van der Waals surface area (Å²) in [7, 11) is 0. The summed E-state index contributed by atoms with van der Waals surface area (Å²) in [5.74, 6) is -0.984. The first kappa shape index (κ1) is 28.5. The number of thiazole rings is 1. The summed E-state index contributed by atoms with van der Waals surface area (Å²) in [5, 5.41) is 15.9. The first-order chi connectivity index (χ1) is 17.9. The Morgan fingerprint density at radius 1 is 1.29 bits per heavy atom. The Bertz CT molecular complexity index is 1180. The van der Waals surface area contributed by atoms with E-state index in [1.165, 1.54) is 16.7 Å². The lowest BCUT2D eigenvalue weighted by molar-refractivity contribution is -0.143. The largest absolute Gasteiger partial charge is 0.391 e. The molecular weight excluding hydrogens is 527 g/mol. The van der Waals surface area contributed by atoms with Crippen molar-refractivity contribution in [2.75, 3.05) is 12.3 Å². The van der Waals surface area contributed by atoms with E-state index in [4.69, 9.17) is 0 Å². The molecule has 0 radical (unpaired) electrons. The van der Waals surface area contributed by atoms with Crippen molar-refractivity contribution in [1.29, 1.82) is 0 Å². The van der Waals surface area contributed by atoms with Gasteiger partial charge in [0.05, 0.1) is 22.2 Å². The van der Waals surface area contributed by atoms with Gasteiger partial charge in [0.1, 0.15) is 12.1 Å². The fourth-order valence-corrected chi connectivity index (χ4v) is 6.60. The predicted octanol–water partition coefficient (Wildman–Crippen LogP) is 3.22. The van der Waals surface area contributed by atoms with Gasteiger partial charge in [0.25, 0.3) is 5.91 Å². The molecule has 2 aromatic rings. The Morgan fingerprint density at radius 2 is 1.97 bits per heavy atom. The molecule has 0 bridgehead atoms. The van der Waals surface area contributed by atoms with Crippen molar-refractivity contribution < 1.29 is 23.9 Å². The molecule has 2 aliphatic rings. The number of hydrogen-bond acceptors (Lipinski definition) is 7. The van der Waals surface area contributed by atoms with Gasteiger partial charge in [0, 0.05) is 24.3 Å². The molecule has 1 unspecified atom stereocenters. The standard InChI is InChI=1S/C27H35FN4O4S2/c1-5-38-26(3,4)22(31-25(36)27(28)10-11-27)24(35)32-14-19(33)12-20(32)23(34)29-13-17-6-8-18(9-7-17)21-16(2)30-15-37-21/h6-9,15,19-20,22,33H,5,10-14H2,1-4H3,(H,29,34)(H,31,36)/t19-,20+,22?/m1/s1. The lowest BCUT2D eigenvalue weighted by atomic mass is 10.00. The van der Waals surface area contributed by atoms with Crippen molar-refractivity contribution in [2.24, 2.45) is 0 Å². The first-order valence-corrected chi connectivity index (χ1v) is 14.7. The number of rotatable bonds is 10. The molecule has 3 N–H and O–H groups in total. The van der Waals surface area contributed by atoms with Crippen LogP contribution in [0.5, 0.6) is 0 Å². The SMILES string of the molecule is CCSC(C)(C)C(NC(=O)C1(F)CC1)C(=O)N1C[C@H](O)C[C@H]1C(=O)NCc1ccc(-c2scnc2C)cc1. The van der Waals surface area contributed by atoms with Crippen molar-refractivity contribution in [3.05, 3.63) is 41.0 Å². The lowest BCUT2D eigenvalue weighted by Gasteiger charge is -2.37. The topological polar surface area (TPSA) is 112 Å². The third-order valence-electron chi connectivity index (χ3n) is 7.12. The second-order valence-electron chi connectivity index (χ2n) is 10.5. The summed E-state index contributed by atoms with van der Waals surface area (Å²) in [6.45, 7) is 7.77. The van der Waals surface area contributed by atoms with Crippen LogP contribution in [0.15, 0.2) is 29.8 Å². The van der Waals surface area contributed by atoms with E-state index >= 15 is 0 Å². The van der Waals surface area contributed by atoms with Gasteiger partial charge in [-0.25, -0.2) is 9.37 Å². The molecule has 1 aliphatic heterocycles. The summed E-state index contributed by atoms with van der Waals surface area (Å²) in [5.41, 5.74) is 2.79. The monoisotopic (exact) mass is 562 g/mol. The summed E-state index contributed by atoms with van der Waals surface area (Å²) in [6.07, 6.45) is -0.500. The maximum atomic E-state index is 14.5. The maximum absolute atomic E-state index is 14.5. The molecule has 1 aliphatic carbocycles. The molecule has 4 rings (SSSR count). The molecule has 1 aromatic carbocycles. The molecular formula is C27H35FN4O4S2. The normalized spacial score (nSPS) is 21.2. The Hall–Kier alpha value is -2.50. The highest BCUT2D eigenvalue weighted by Gasteiger charge is 2.54. The molecule has 11 heteroatoms. The lowest BCUT2D eigenvalue weighted by Crippen LogP contribution is -2.61. The number of carbonyl (C=O) groups is 3. The van der Waals surface area contributed by atoms with E-state index in [9.17, 15) is 23.9 Å². The number of amides is 3. The van der Waals surface area contributed by atoms with Gasteiger partial charge in [0.15, 0.2) is 5.67 Å². The zero-order valence-electron chi connectivity index (χ0n) is 22.1. The summed E-state index contributed by atoms with van der Waals surface area (Å²) < 4.78 is 13.7.